The zero-order chi connectivity index (χ0) is 12.7. The van der Waals surface area contributed by atoms with E-state index in [2.05, 4.69) is 32.9 Å². The molecule has 0 unspecified atom stereocenters. The summed E-state index contributed by atoms with van der Waals surface area (Å²) in [5.74, 6) is 2.41. The van der Waals surface area contributed by atoms with Gasteiger partial charge in [0.2, 0.25) is 0 Å². The van der Waals surface area contributed by atoms with E-state index < -0.39 is 0 Å². The largest absolute Gasteiger partial charge is 0.473 e. The van der Waals surface area contributed by atoms with E-state index in [1.54, 1.807) is 0 Å². The second kappa shape index (κ2) is 7.33. The lowest BCUT2D eigenvalue weighted by Crippen LogP contribution is -2.08. The van der Waals surface area contributed by atoms with Gasteiger partial charge in [0, 0.05) is 18.6 Å². The average Bonchev–Trinajstić information content (AvgIpc) is 2.71. The molecule has 0 radical (unpaired) electrons. The summed E-state index contributed by atoms with van der Waals surface area (Å²) in [7, 11) is 0. The van der Waals surface area contributed by atoms with Crippen LogP contribution in [0.3, 0.4) is 0 Å². The molecule has 0 N–H and O–H groups in total. The van der Waals surface area contributed by atoms with E-state index >= 15 is 0 Å². The molecule has 0 spiro atoms. The topological polar surface area (TPSA) is 44.5 Å². The molecule has 0 aromatic carbocycles. The predicted molar refractivity (Wildman–Crippen MR) is 66.4 cm³/mol. The van der Waals surface area contributed by atoms with Crippen LogP contribution in [0, 0.1) is 5.92 Å². The number of hydrogen-bond acceptors (Lipinski definition) is 4. The van der Waals surface area contributed by atoms with Crippen molar-refractivity contribution in [1.82, 2.24) is 5.16 Å². The van der Waals surface area contributed by atoms with Crippen molar-refractivity contribution in [3.63, 3.8) is 0 Å². The van der Waals surface area contributed by atoms with Crippen molar-refractivity contribution < 1.29 is 14.0 Å². The van der Waals surface area contributed by atoms with E-state index in [0.717, 1.165) is 18.8 Å². The molecule has 4 heteroatoms. The highest BCUT2D eigenvalue weighted by atomic mass is 16.6. The molecule has 1 rings (SSSR count). The van der Waals surface area contributed by atoms with Gasteiger partial charge in [0.25, 0.3) is 5.88 Å². The Balaban J connectivity index is 2.09. The van der Waals surface area contributed by atoms with Gasteiger partial charge in [-0.1, -0.05) is 27.7 Å². The lowest BCUT2D eigenvalue weighted by molar-refractivity contribution is 0.0898. The summed E-state index contributed by atoms with van der Waals surface area (Å²) in [6.45, 7) is 10.4. The van der Waals surface area contributed by atoms with Crippen molar-refractivity contribution in [3.05, 3.63) is 11.8 Å². The minimum Gasteiger partial charge on any atom is -0.473 e. The van der Waals surface area contributed by atoms with E-state index in [4.69, 9.17) is 14.0 Å². The Kier molecular flexibility index (Phi) is 6.05. The first kappa shape index (κ1) is 14.0. The lowest BCUT2D eigenvalue weighted by Gasteiger charge is -2.06. The molecule has 1 heterocycles. The monoisotopic (exact) mass is 241 g/mol. The summed E-state index contributed by atoms with van der Waals surface area (Å²) in [4.78, 5) is 0. The zero-order valence-corrected chi connectivity index (χ0v) is 11.2. The van der Waals surface area contributed by atoms with Crippen LogP contribution < -0.4 is 4.74 Å². The molecular weight excluding hydrogens is 218 g/mol. The van der Waals surface area contributed by atoms with Crippen molar-refractivity contribution >= 4 is 0 Å². The Morgan fingerprint density at radius 3 is 2.53 bits per heavy atom. The molecule has 0 aliphatic rings. The molecule has 1 aromatic rings. The minimum atomic E-state index is 0.335. The fourth-order valence-electron chi connectivity index (χ4n) is 1.24. The van der Waals surface area contributed by atoms with E-state index in [0.29, 0.717) is 30.9 Å². The Morgan fingerprint density at radius 1 is 1.18 bits per heavy atom. The summed E-state index contributed by atoms with van der Waals surface area (Å²) in [5, 5.41) is 3.83. The van der Waals surface area contributed by atoms with E-state index in [9.17, 15) is 0 Å². The fraction of sp³-hybridized carbons (Fsp3) is 0.769. The SMILES string of the molecule is CC(C)CCOCCOc1cc(C(C)C)on1. The highest BCUT2D eigenvalue weighted by Crippen LogP contribution is 2.19. The summed E-state index contributed by atoms with van der Waals surface area (Å²) >= 11 is 0. The maximum Gasteiger partial charge on any atom is 0.254 e. The molecule has 0 amide bonds. The van der Waals surface area contributed by atoms with Gasteiger partial charge in [-0.05, 0) is 17.5 Å². The van der Waals surface area contributed by atoms with Crippen LogP contribution in [0.2, 0.25) is 0 Å². The standard InChI is InChI=1S/C13H23NO3/c1-10(2)5-6-15-7-8-16-13-9-12(11(3)4)17-14-13/h9-11H,5-8H2,1-4H3. The molecule has 4 nitrogen and oxygen atoms in total. The fourth-order valence-corrected chi connectivity index (χ4v) is 1.24. The molecule has 1 aromatic heterocycles. The van der Waals surface area contributed by atoms with Crippen LogP contribution >= 0.6 is 0 Å². The van der Waals surface area contributed by atoms with Crippen LogP contribution in [-0.4, -0.2) is 25.0 Å². The second-order valence-electron chi connectivity index (χ2n) is 4.87. The number of ether oxygens (including phenoxy) is 2. The molecule has 0 atom stereocenters. The summed E-state index contributed by atoms with van der Waals surface area (Å²) < 4.78 is 16.0. The number of nitrogens with zero attached hydrogens (tertiary/aromatic N) is 1. The highest BCUT2D eigenvalue weighted by Gasteiger charge is 2.08. The molecule has 0 aliphatic heterocycles. The quantitative estimate of drug-likeness (QED) is 0.655. The van der Waals surface area contributed by atoms with E-state index in [1.165, 1.54) is 0 Å². The van der Waals surface area contributed by atoms with Crippen LogP contribution in [0.1, 0.15) is 45.8 Å². The third kappa shape index (κ3) is 5.73. The number of aromatic nitrogens is 1. The van der Waals surface area contributed by atoms with E-state index in [-0.39, 0.29) is 0 Å². The first-order valence-electron chi connectivity index (χ1n) is 6.26. The number of rotatable bonds is 8. The normalized spacial score (nSPS) is 11.4. The van der Waals surface area contributed by atoms with Crippen LogP contribution in [0.25, 0.3) is 0 Å². The third-order valence-electron chi connectivity index (χ3n) is 2.39. The maximum atomic E-state index is 5.44. The van der Waals surface area contributed by atoms with Gasteiger partial charge in [0.15, 0.2) is 0 Å². The first-order valence-corrected chi connectivity index (χ1v) is 6.26. The molecule has 0 saturated carbocycles. The molecule has 0 aliphatic carbocycles. The van der Waals surface area contributed by atoms with Crippen molar-refractivity contribution in [2.75, 3.05) is 19.8 Å². The van der Waals surface area contributed by atoms with Gasteiger partial charge in [-0.15, -0.1) is 0 Å². The van der Waals surface area contributed by atoms with Gasteiger partial charge >= 0.3 is 0 Å². The number of hydrogen-bond donors (Lipinski definition) is 0. The van der Waals surface area contributed by atoms with E-state index in [1.807, 2.05) is 6.07 Å². The van der Waals surface area contributed by atoms with Crippen LogP contribution in [-0.2, 0) is 4.74 Å². The van der Waals surface area contributed by atoms with Crippen molar-refractivity contribution in [2.24, 2.45) is 5.92 Å². The summed E-state index contributed by atoms with van der Waals surface area (Å²) in [6.07, 6.45) is 1.08. The van der Waals surface area contributed by atoms with Crippen LogP contribution in [0.5, 0.6) is 5.88 Å². The smallest absolute Gasteiger partial charge is 0.254 e. The maximum absolute atomic E-state index is 5.44. The molecule has 0 saturated heterocycles. The Morgan fingerprint density at radius 2 is 1.94 bits per heavy atom. The molecular formula is C13H23NO3. The second-order valence-corrected chi connectivity index (χ2v) is 4.87. The Bertz CT molecular complexity index is 307. The van der Waals surface area contributed by atoms with Crippen molar-refractivity contribution in [2.45, 2.75) is 40.0 Å². The van der Waals surface area contributed by atoms with Gasteiger partial charge in [-0.3, -0.25) is 0 Å². The molecule has 98 valence electrons. The van der Waals surface area contributed by atoms with Crippen LogP contribution in [0.15, 0.2) is 10.6 Å². The first-order chi connectivity index (χ1) is 8.09. The molecule has 0 fully saturated rings. The zero-order valence-electron chi connectivity index (χ0n) is 11.2. The molecule has 0 bridgehead atoms. The third-order valence-corrected chi connectivity index (χ3v) is 2.39. The van der Waals surface area contributed by atoms with Gasteiger partial charge in [0.05, 0.1) is 6.61 Å². The predicted octanol–water partition coefficient (Wildman–Crippen LogP) is 3.24. The molecule has 17 heavy (non-hydrogen) atoms. The van der Waals surface area contributed by atoms with Gasteiger partial charge in [-0.2, -0.15) is 0 Å². The van der Waals surface area contributed by atoms with Crippen LogP contribution in [0.4, 0.5) is 0 Å². The Labute approximate surface area is 103 Å². The van der Waals surface area contributed by atoms with Crippen molar-refractivity contribution in [1.29, 1.82) is 0 Å². The van der Waals surface area contributed by atoms with Gasteiger partial charge < -0.3 is 14.0 Å². The Hall–Kier alpha value is -1.03. The lowest BCUT2D eigenvalue weighted by atomic mass is 10.1. The highest BCUT2D eigenvalue weighted by molar-refractivity contribution is 5.13. The van der Waals surface area contributed by atoms with Crippen molar-refractivity contribution in [3.8, 4) is 5.88 Å². The van der Waals surface area contributed by atoms with Gasteiger partial charge in [-0.25, -0.2) is 0 Å². The summed E-state index contributed by atoms with van der Waals surface area (Å²) in [5.41, 5.74) is 0. The van der Waals surface area contributed by atoms with Gasteiger partial charge in [0.1, 0.15) is 12.4 Å². The minimum absolute atomic E-state index is 0.335. The summed E-state index contributed by atoms with van der Waals surface area (Å²) in [6, 6.07) is 1.83. The average molecular weight is 241 g/mol.